The zero-order valence-electron chi connectivity index (χ0n) is 8.13. The monoisotopic (exact) mass is 192 g/mol. The molecule has 1 saturated heterocycles. The van der Waals surface area contributed by atoms with Crippen molar-refractivity contribution in [1.82, 2.24) is 4.90 Å². The van der Waals surface area contributed by atoms with Crippen LogP contribution in [0.4, 0.5) is 0 Å². The second kappa shape index (κ2) is 4.09. The molecular formula is C11H16N2O. The van der Waals surface area contributed by atoms with Gasteiger partial charge in [0.05, 0.1) is 6.10 Å². The van der Waals surface area contributed by atoms with Crippen LogP contribution in [0.15, 0.2) is 30.3 Å². The van der Waals surface area contributed by atoms with Gasteiger partial charge in [-0.2, -0.15) is 0 Å². The van der Waals surface area contributed by atoms with Crippen LogP contribution in [-0.2, 0) is 6.54 Å². The molecule has 3 heteroatoms. The maximum absolute atomic E-state index is 9.48. The number of likely N-dealkylation sites (tertiary alicyclic amines) is 1. The van der Waals surface area contributed by atoms with E-state index in [-0.39, 0.29) is 12.1 Å². The third kappa shape index (κ3) is 2.12. The first-order chi connectivity index (χ1) is 6.75. The number of hydrogen-bond acceptors (Lipinski definition) is 3. The van der Waals surface area contributed by atoms with Crippen molar-refractivity contribution >= 4 is 0 Å². The van der Waals surface area contributed by atoms with Gasteiger partial charge in [0.1, 0.15) is 0 Å². The molecule has 0 spiro atoms. The van der Waals surface area contributed by atoms with Gasteiger partial charge in [0, 0.05) is 25.7 Å². The van der Waals surface area contributed by atoms with E-state index in [1.54, 1.807) is 0 Å². The Morgan fingerprint density at radius 1 is 1.29 bits per heavy atom. The van der Waals surface area contributed by atoms with Crippen LogP contribution in [0.1, 0.15) is 5.56 Å². The molecule has 0 unspecified atom stereocenters. The van der Waals surface area contributed by atoms with Gasteiger partial charge in [0.2, 0.25) is 0 Å². The summed E-state index contributed by atoms with van der Waals surface area (Å²) in [6.07, 6.45) is -0.362. The van der Waals surface area contributed by atoms with Crippen molar-refractivity contribution in [2.75, 3.05) is 13.1 Å². The van der Waals surface area contributed by atoms with Crippen molar-refractivity contribution in [3.63, 3.8) is 0 Å². The SMILES string of the molecule is N[C@@H]1CN(Cc2ccccc2)C[C@@H]1O. The average Bonchev–Trinajstić information content (AvgIpc) is 2.47. The van der Waals surface area contributed by atoms with E-state index in [0.717, 1.165) is 13.1 Å². The molecule has 2 atom stereocenters. The van der Waals surface area contributed by atoms with E-state index in [4.69, 9.17) is 5.73 Å². The highest BCUT2D eigenvalue weighted by molar-refractivity contribution is 5.14. The molecule has 2 rings (SSSR count). The normalized spacial score (nSPS) is 28.1. The van der Waals surface area contributed by atoms with Gasteiger partial charge in [-0.3, -0.25) is 4.90 Å². The van der Waals surface area contributed by atoms with Gasteiger partial charge < -0.3 is 10.8 Å². The lowest BCUT2D eigenvalue weighted by atomic mass is 10.2. The summed E-state index contributed by atoms with van der Waals surface area (Å²) in [7, 11) is 0. The van der Waals surface area contributed by atoms with E-state index in [0.29, 0.717) is 6.54 Å². The molecule has 0 saturated carbocycles. The van der Waals surface area contributed by atoms with Crippen LogP contribution in [0.25, 0.3) is 0 Å². The first-order valence-electron chi connectivity index (χ1n) is 4.95. The van der Waals surface area contributed by atoms with Crippen LogP contribution in [0.5, 0.6) is 0 Å². The number of nitrogens with two attached hydrogens (primary N) is 1. The van der Waals surface area contributed by atoms with E-state index < -0.39 is 0 Å². The van der Waals surface area contributed by atoms with E-state index >= 15 is 0 Å². The van der Waals surface area contributed by atoms with E-state index in [1.807, 2.05) is 18.2 Å². The van der Waals surface area contributed by atoms with E-state index in [1.165, 1.54) is 5.56 Å². The quantitative estimate of drug-likeness (QED) is 0.703. The molecule has 76 valence electrons. The molecule has 3 nitrogen and oxygen atoms in total. The Balaban J connectivity index is 1.94. The smallest absolute Gasteiger partial charge is 0.0830 e. The summed E-state index contributed by atoms with van der Waals surface area (Å²) in [4.78, 5) is 2.19. The molecule has 3 N–H and O–H groups in total. The predicted molar refractivity (Wildman–Crippen MR) is 55.7 cm³/mol. The maximum atomic E-state index is 9.48. The number of aliphatic hydroxyl groups is 1. The minimum Gasteiger partial charge on any atom is -0.390 e. The Morgan fingerprint density at radius 3 is 2.57 bits per heavy atom. The average molecular weight is 192 g/mol. The number of nitrogens with zero attached hydrogens (tertiary/aromatic N) is 1. The number of hydrogen-bond donors (Lipinski definition) is 2. The molecule has 0 aliphatic carbocycles. The summed E-state index contributed by atoms with van der Waals surface area (Å²) in [5, 5.41) is 9.48. The summed E-state index contributed by atoms with van der Waals surface area (Å²) in [5.41, 5.74) is 7.00. The second-order valence-electron chi connectivity index (χ2n) is 3.91. The summed E-state index contributed by atoms with van der Waals surface area (Å²) >= 11 is 0. The van der Waals surface area contributed by atoms with Crippen molar-refractivity contribution in [2.24, 2.45) is 5.73 Å². The van der Waals surface area contributed by atoms with Crippen molar-refractivity contribution in [3.8, 4) is 0 Å². The number of rotatable bonds is 2. The first-order valence-corrected chi connectivity index (χ1v) is 4.95. The molecule has 1 heterocycles. The zero-order chi connectivity index (χ0) is 9.97. The highest BCUT2D eigenvalue weighted by Gasteiger charge is 2.27. The molecule has 0 bridgehead atoms. The van der Waals surface area contributed by atoms with Crippen LogP contribution in [0.3, 0.4) is 0 Å². The third-order valence-electron chi connectivity index (χ3n) is 2.66. The highest BCUT2D eigenvalue weighted by Crippen LogP contribution is 2.12. The molecule has 1 aromatic carbocycles. The zero-order valence-corrected chi connectivity index (χ0v) is 8.13. The molecule has 0 aromatic heterocycles. The molecule has 0 amide bonds. The highest BCUT2D eigenvalue weighted by atomic mass is 16.3. The fraction of sp³-hybridized carbons (Fsp3) is 0.455. The molecule has 1 aliphatic heterocycles. The standard InChI is InChI=1S/C11H16N2O/c12-10-7-13(8-11(10)14)6-9-4-2-1-3-5-9/h1-5,10-11,14H,6-8,12H2/t10-,11+/m1/s1. The van der Waals surface area contributed by atoms with Gasteiger partial charge >= 0.3 is 0 Å². The van der Waals surface area contributed by atoms with Gasteiger partial charge in [0.25, 0.3) is 0 Å². The predicted octanol–water partition coefficient (Wildman–Crippen LogP) is 0.190. The van der Waals surface area contributed by atoms with Gasteiger partial charge in [-0.05, 0) is 5.56 Å². The van der Waals surface area contributed by atoms with Crippen molar-refractivity contribution in [1.29, 1.82) is 0 Å². The molecule has 1 aliphatic rings. The first kappa shape index (κ1) is 9.65. The Morgan fingerprint density at radius 2 is 2.00 bits per heavy atom. The summed E-state index contributed by atoms with van der Waals surface area (Å²) < 4.78 is 0. The maximum Gasteiger partial charge on any atom is 0.0830 e. The van der Waals surface area contributed by atoms with Crippen molar-refractivity contribution in [3.05, 3.63) is 35.9 Å². The van der Waals surface area contributed by atoms with Gasteiger partial charge in [-0.15, -0.1) is 0 Å². The summed E-state index contributed by atoms with van der Waals surface area (Å²) in [6, 6.07) is 10.2. The lowest BCUT2D eigenvalue weighted by Gasteiger charge is -2.14. The van der Waals surface area contributed by atoms with Gasteiger partial charge in [0.15, 0.2) is 0 Å². The summed E-state index contributed by atoms with van der Waals surface area (Å²) in [5.74, 6) is 0. The molecule has 1 aromatic rings. The second-order valence-corrected chi connectivity index (χ2v) is 3.91. The minimum atomic E-state index is -0.362. The molecular weight excluding hydrogens is 176 g/mol. The molecule has 14 heavy (non-hydrogen) atoms. The number of aliphatic hydroxyl groups excluding tert-OH is 1. The number of β-amino-alcohol motifs (C(OH)–C–C–N with tert-alkyl or cyclic N) is 1. The number of benzene rings is 1. The molecule has 1 fully saturated rings. The Labute approximate surface area is 84.1 Å². The van der Waals surface area contributed by atoms with E-state index in [9.17, 15) is 5.11 Å². The van der Waals surface area contributed by atoms with Crippen LogP contribution < -0.4 is 5.73 Å². The lowest BCUT2D eigenvalue weighted by molar-refractivity contribution is 0.164. The summed E-state index contributed by atoms with van der Waals surface area (Å²) in [6.45, 7) is 2.36. The van der Waals surface area contributed by atoms with Crippen molar-refractivity contribution in [2.45, 2.75) is 18.7 Å². The fourth-order valence-corrected chi connectivity index (χ4v) is 1.87. The third-order valence-corrected chi connectivity index (χ3v) is 2.66. The Bertz CT molecular complexity index is 279. The Kier molecular flexibility index (Phi) is 2.82. The van der Waals surface area contributed by atoms with Gasteiger partial charge in [-0.1, -0.05) is 30.3 Å². The minimum absolute atomic E-state index is 0.0845. The topological polar surface area (TPSA) is 49.5 Å². The van der Waals surface area contributed by atoms with Crippen LogP contribution in [0, 0.1) is 0 Å². The van der Waals surface area contributed by atoms with Crippen LogP contribution in [0.2, 0.25) is 0 Å². The lowest BCUT2D eigenvalue weighted by Crippen LogP contribution is -2.32. The largest absolute Gasteiger partial charge is 0.390 e. The van der Waals surface area contributed by atoms with Crippen LogP contribution in [-0.4, -0.2) is 35.2 Å². The van der Waals surface area contributed by atoms with Crippen molar-refractivity contribution < 1.29 is 5.11 Å². The van der Waals surface area contributed by atoms with E-state index in [2.05, 4.69) is 17.0 Å². The Hall–Kier alpha value is -0.900. The van der Waals surface area contributed by atoms with Crippen LogP contribution >= 0.6 is 0 Å². The molecule has 0 radical (unpaired) electrons. The van der Waals surface area contributed by atoms with Gasteiger partial charge in [-0.25, -0.2) is 0 Å². The fourth-order valence-electron chi connectivity index (χ4n) is 1.87.